The number of hydrogen-bond donors (Lipinski definition) is 0. The van der Waals surface area contributed by atoms with Gasteiger partial charge in [-0.05, 0) is 32.4 Å². The number of aliphatic carboxylic acids is 1. The molecule has 0 aliphatic rings. The molecule has 0 rings (SSSR count). The van der Waals surface area contributed by atoms with E-state index in [1.165, 1.54) is 4.90 Å². The van der Waals surface area contributed by atoms with Crippen LogP contribution in [0.3, 0.4) is 0 Å². The number of nitrogens with zero attached hydrogens (tertiary/aromatic N) is 1. The van der Waals surface area contributed by atoms with E-state index in [0.717, 1.165) is 0 Å². The van der Waals surface area contributed by atoms with Crippen molar-refractivity contribution in [1.82, 2.24) is 4.90 Å². The summed E-state index contributed by atoms with van der Waals surface area (Å²) in [6, 6.07) is 0. The van der Waals surface area contributed by atoms with E-state index < -0.39 is 67.1 Å². The zero-order valence-electron chi connectivity index (χ0n) is 18.6. The molecule has 0 saturated carbocycles. The van der Waals surface area contributed by atoms with Crippen LogP contribution in [0.2, 0.25) is 0 Å². The third-order valence-corrected chi connectivity index (χ3v) is 5.27. The van der Waals surface area contributed by atoms with Crippen molar-refractivity contribution in [1.29, 1.82) is 0 Å². The highest BCUT2D eigenvalue weighted by Crippen LogP contribution is 2.60. The minimum absolute atomic E-state index is 0.240. The molecular weight excluding hydrogens is 521 g/mol. The molecule has 0 heterocycles. The standard InChI is InChI=1S/C19H26F13NO2/c1-3-5-9-33(10-6-4-2)11-12(13(34)35)7-8-14(20,21)15(22,23)16(24,25)17(26,27)18(28,29)19(30,31)32/h12H,3-11H2,1-2H3,(H,34,35)/p-1. The van der Waals surface area contributed by atoms with Crippen LogP contribution in [0.1, 0.15) is 52.4 Å². The maximum absolute atomic E-state index is 14.0. The number of alkyl halides is 13. The summed E-state index contributed by atoms with van der Waals surface area (Å²) in [5.74, 6) is -41.4. The van der Waals surface area contributed by atoms with Gasteiger partial charge in [0, 0.05) is 24.9 Å². The summed E-state index contributed by atoms with van der Waals surface area (Å²) in [4.78, 5) is 12.7. The number of carbonyl (C=O) groups is 1. The van der Waals surface area contributed by atoms with Crippen LogP contribution in [0, 0.1) is 5.92 Å². The van der Waals surface area contributed by atoms with Crippen LogP contribution in [0.25, 0.3) is 0 Å². The molecule has 0 spiro atoms. The molecule has 0 radical (unpaired) electrons. The highest BCUT2D eigenvalue weighted by atomic mass is 19.4. The van der Waals surface area contributed by atoms with Gasteiger partial charge in [-0.3, -0.25) is 0 Å². The first-order chi connectivity index (χ1) is 15.5. The molecule has 3 nitrogen and oxygen atoms in total. The lowest BCUT2D eigenvalue weighted by atomic mass is 9.90. The predicted molar refractivity (Wildman–Crippen MR) is 94.8 cm³/mol. The van der Waals surface area contributed by atoms with Crippen LogP contribution in [-0.4, -0.2) is 66.3 Å². The highest BCUT2D eigenvalue weighted by molar-refractivity contribution is 5.67. The molecule has 0 aromatic heterocycles. The fraction of sp³-hybridized carbons (Fsp3) is 0.947. The number of rotatable bonds is 16. The predicted octanol–water partition coefficient (Wildman–Crippen LogP) is 5.77. The van der Waals surface area contributed by atoms with Gasteiger partial charge in [0.25, 0.3) is 0 Å². The molecular formula is C19H25F13NO2-. The van der Waals surface area contributed by atoms with Crippen molar-refractivity contribution >= 4 is 5.97 Å². The molecule has 0 aliphatic carbocycles. The maximum atomic E-state index is 14.0. The van der Waals surface area contributed by atoms with E-state index in [4.69, 9.17) is 0 Å². The molecule has 1 unspecified atom stereocenters. The van der Waals surface area contributed by atoms with Gasteiger partial charge in [-0.2, -0.15) is 57.1 Å². The van der Waals surface area contributed by atoms with Crippen LogP contribution < -0.4 is 5.11 Å². The van der Waals surface area contributed by atoms with E-state index in [0.29, 0.717) is 25.7 Å². The van der Waals surface area contributed by atoms with E-state index in [1.807, 2.05) is 0 Å². The van der Waals surface area contributed by atoms with Gasteiger partial charge in [0.15, 0.2) is 0 Å². The SMILES string of the molecule is CCCCN(CCCC)CC(CCC(F)(F)C(F)(F)C(F)(F)C(F)(F)C(F)(F)C(F)(F)F)C(=O)[O-]. The quantitative estimate of drug-likeness (QED) is 0.231. The average molecular weight is 546 g/mol. The third-order valence-electron chi connectivity index (χ3n) is 5.27. The summed E-state index contributed by atoms with van der Waals surface area (Å²) in [6.45, 7) is 3.43. The number of carboxylic acid groups (broad SMARTS) is 1. The summed E-state index contributed by atoms with van der Waals surface area (Å²) in [7, 11) is 0. The second kappa shape index (κ2) is 11.7. The van der Waals surface area contributed by atoms with Gasteiger partial charge in [0.2, 0.25) is 0 Å². The van der Waals surface area contributed by atoms with Crippen LogP contribution in [0.4, 0.5) is 57.1 Å². The van der Waals surface area contributed by atoms with E-state index in [2.05, 4.69) is 0 Å². The topological polar surface area (TPSA) is 43.4 Å². The molecule has 35 heavy (non-hydrogen) atoms. The van der Waals surface area contributed by atoms with Crippen molar-refractivity contribution in [3.05, 3.63) is 0 Å². The number of halogens is 13. The Labute approximate surface area is 192 Å². The smallest absolute Gasteiger partial charge is 0.460 e. The first kappa shape index (κ1) is 33.5. The third kappa shape index (κ3) is 7.06. The maximum Gasteiger partial charge on any atom is 0.460 e. The zero-order valence-corrected chi connectivity index (χ0v) is 18.6. The monoisotopic (exact) mass is 546 g/mol. The van der Waals surface area contributed by atoms with Crippen LogP contribution >= 0.6 is 0 Å². The highest BCUT2D eigenvalue weighted by Gasteiger charge is 2.90. The average Bonchev–Trinajstić information content (AvgIpc) is 2.70. The second-order valence-corrected chi connectivity index (χ2v) is 8.06. The molecule has 1 atom stereocenters. The Hall–Kier alpha value is -1.48. The molecule has 0 aromatic rings. The Morgan fingerprint density at radius 1 is 0.714 bits per heavy atom. The van der Waals surface area contributed by atoms with Gasteiger partial charge in [-0.15, -0.1) is 0 Å². The number of hydrogen-bond acceptors (Lipinski definition) is 3. The molecule has 0 aliphatic heterocycles. The number of carboxylic acids is 1. The first-order valence-electron chi connectivity index (χ1n) is 10.4. The minimum Gasteiger partial charge on any atom is -0.550 e. The molecule has 210 valence electrons. The molecule has 0 bridgehead atoms. The Morgan fingerprint density at radius 2 is 1.11 bits per heavy atom. The molecule has 0 aromatic carbocycles. The number of carbonyl (C=O) groups excluding carboxylic acids is 1. The van der Waals surface area contributed by atoms with Crippen molar-refractivity contribution in [2.75, 3.05) is 19.6 Å². The molecule has 0 fully saturated rings. The lowest BCUT2D eigenvalue weighted by molar-refractivity contribution is -0.440. The van der Waals surface area contributed by atoms with E-state index in [-0.39, 0.29) is 13.1 Å². The summed E-state index contributed by atoms with van der Waals surface area (Å²) in [6.07, 6.45) is -9.32. The van der Waals surface area contributed by atoms with Gasteiger partial charge in [0.05, 0.1) is 0 Å². The van der Waals surface area contributed by atoms with Crippen molar-refractivity contribution in [3.8, 4) is 0 Å². The summed E-state index contributed by atoms with van der Waals surface area (Å²) >= 11 is 0. The summed E-state index contributed by atoms with van der Waals surface area (Å²) < 4.78 is 171. The Morgan fingerprint density at radius 3 is 1.46 bits per heavy atom. The molecule has 16 heteroatoms. The van der Waals surface area contributed by atoms with Crippen molar-refractivity contribution < 1.29 is 67.0 Å². The fourth-order valence-corrected chi connectivity index (χ4v) is 2.97. The summed E-state index contributed by atoms with van der Waals surface area (Å²) in [5, 5.41) is 11.3. The Bertz CT molecular complexity index is 672. The van der Waals surface area contributed by atoms with Gasteiger partial charge < -0.3 is 14.8 Å². The van der Waals surface area contributed by atoms with E-state index in [9.17, 15) is 67.0 Å². The Kier molecular flexibility index (Phi) is 11.2. The van der Waals surface area contributed by atoms with Gasteiger partial charge >= 0.3 is 35.8 Å². The largest absolute Gasteiger partial charge is 0.550 e. The van der Waals surface area contributed by atoms with Crippen molar-refractivity contribution in [3.63, 3.8) is 0 Å². The molecule has 0 N–H and O–H groups in total. The van der Waals surface area contributed by atoms with Crippen molar-refractivity contribution in [2.45, 2.75) is 88.2 Å². The van der Waals surface area contributed by atoms with Gasteiger partial charge in [0.1, 0.15) is 0 Å². The van der Waals surface area contributed by atoms with Gasteiger partial charge in [-0.25, -0.2) is 0 Å². The van der Waals surface area contributed by atoms with Crippen LogP contribution in [0.15, 0.2) is 0 Å². The zero-order chi connectivity index (χ0) is 28.1. The van der Waals surface area contributed by atoms with Crippen molar-refractivity contribution in [2.24, 2.45) is 5.92 Å². The minimum atomic E-state index is -7.98. The Balaban J connectivity index is 5.87. The van der Waals surface area contributed by atoms with Crippen LogP contribution in [-0.2, 0) is 4.79 Å². The molecule has 0 amide bonds. The molecule has 0 saturated heterocycles. The van der Waals surface area contributed by atoms with Crippen LogP contribution in [0.5, 0.6) is 0 Å². The normalized spacial score (nSPS) is 15.5. The number of unbranched alkanes of at least 4 members (excludes halogenated alkanes) is 2. The lowest BCUT2D eigenvalue weighted by Crippen LogP contribution is -2.70. The van der Waals surface area contributed by atoms with Gasteiger partial charge in [-0.1, -0.05) is 26.7 Å². The van der Waals surface area contributed by atoms with E-state index in [1.54, 1.807) is 13.8 Å². The second-order valence-electron chi connectivity index (χ2n) is 8.06. The van der Waals surface area contributed by atoms with E-state index >= 15 is 0 Å². The lowest BCUT2D eigenvalue weighted by Gasteiger charge is -2.40. The summed E-state index contributed by atoms with van der Waals surface area (Å²) in [5.41, 5.74) is 0. The first-order valence-corrected chi connectivity index (χ1v) is 10.4. The fourth-order valence-electron chi connectivity index (χ4n) is 2.97.